The number of nitrogens with zero attached hydrogens (tertiary/aromatic N) is 2. The highest BCUT2D eigenvalue weighted by atomic mass is 35.5. The lowest BCUT2D eigenvalue weighted by Gasteiger charge is -2.14. The summed E-state index contributed by atoms with van der Waals surface area (Å²) < 4.78 is 15.6. The third kappa shape index (κ3) is 5.79. The molecule has 8 nitrogen and oxygen atoms in total. The van der Waals surface area contributed by atoms with Gasteiger partial charge in [0.1, 0.15) is 5.75 Å². The highest BCUT2D eigenvalue weighted by Crippen LogP contribution is 2.16. The summed E-state index contributed by atoms with van der Waals surface area (Å²) in [6.45, 7) is 3.32. The number of halogens is 1. The lowest BCUT2D eigenvalue weighted by atomic mass is 10.2. The number of hydrogen-bond donors (Lipinski definition) is 1. The van der Waals surface area contributed by atoms with Gasteiger partial charge in [0.05, 0.1) is 5.56 Å². The molecule has 0 spiro atoms. The fraction of sp³-hybridized carbons (Fsp3) is 0.200. The van der Waals surface area contributed by atoms with Crippen LogP contribution in [0.1, 0.15) is 29.0 Å². The highest BCUT2D eigenvalue weighted by Gasteiger charge is 2.19. The van der Waals surface area contributed by atoms with E-state index in [-0.39, 0.29) is 6.61 Å². The summed E-state index contributed by atoms with van der Waals surface area (Å²) in [4.78, 5) is 28.5. The van der Waals surface area contributed by atoms with Crippen molar-refractivity contribution in [1.29, 1.82) is 0 Å². The van der Waals surface area contributed by atoms with Crippen LogP contribution >= 0.6 is 11.6 Å². The standard InChI is InChI=1S/C20H18ClN3O5/c1-12(19(25)23-16-7-5-15(21)6-8-16)28-20(26)14-3-9-17(10-4-14)27-11-18-22-13(2)29-24-18/h3-10,12H,11H2,1-2H3,(H,23,25). The first kappa shape index (κ1) is 20.3. The maximum atomic E-state index is 12.3. The average Bonchev–Trinajstić information content (AvgIpc) is 3.13. The highest BCUT2D eigenvalue weighted by molar-refractivity contribution is 6.30. The van der Waals surface area contributed by atoms with Gasteiger partial charge in [-0.2, -0.15) is 4.98 Å². The van der Waals surface area contributed by atoms with Crippen molar-refractivity contribution in [2.45, 2.75) is 26.6 Å². The second-order valence-corrected chi connectivity index (χ2v) is 6.52. The Labute approximate surface area is 171 Å². The van der Waals surface area contributed by atoms with Gasteiger partial charge in [0.2, 0.25) is 11.7 Å². The Morgan fingerprint density at radius 3 is 2.45 bits per heavy atom. The van der Waals surface area contributed by atoms with Gasteiger partial charge in [-0.3, -0.25) is 4.79 Å². The first-order valence-electron chi connectivity index (χ1n) is 8.70. The van der Waals surface area contributed by atoms with Crippen LogP contribution in [0.3, 0.4) is 0 Å². The molecule has 29 heavy (non-hydrogen) atoms. The maximum Gasteiger partial charge on any atom is 0.338 e. The number of esters is 1. The van der Waals surface area contributed by atoms with Crippen molar-refractivity contribution in [1.82, 2.24) is 10.1 Å². The van der Waals surface area contributed by atoms with Gasteiger partial charge in [0.25, 0.3) is 5.91 Å². The summed E-state index contributed by atoms with van der Waals surface area (Å²) in [5, 5.41) is 6.94. The molecule has 150 valence electrons. The van der Waals surface area contributed by atoms with E-state index in [4.69, 9.17) is 25.6 Å². The summed E-state index contributed by atoms with van der Waals surface area (Å²) in [6.07, 6.45) is -0.976. The molecule has 0 fully saturated rings. The first-order valence-corrected chi connectivity index (χ1v) is 9.08. The predicted molar refractivity (Wildman–Crippen MR) is 105 cm³/mol. The molecule has 1 unspecified atom stereocenters. The zero-order chi connectivity index (χ0) is 20.8. The molecule has 0 bridgehead atoms. The quantitative estimate of drug-likeness (QED) is 0.585. The molecule has 0 radical (unpaired) electrons. The van der Waals surface area contributed by atoms with Crippen LogP contribution in [0, 0.1) is 6.92 Å². The summed E-state index contributed by atoms with van der Waals surface area (Å²) >= 11 is 5.81. The molecule has 0 aliphatic rings. The Kier molecular flexibility index (Phi) is 6.46. The molecule has 3 rings (SSSR count). The molecule has 2 aromatic carbocycles. The number of carbonyl (C=O) groups is 2. The molecular formula is C20H18ClN3O5. The van der Waals surface area contributed by atoms with Crippen molar-refractivity contribution in [2.24, 2.45) is 0 Å². The zero-order valence-corrected chi connectivity index (χ0v) is 16.5. The smallest absolute Gasteiger partial charge is 0.338 e. The minimum Gasteiger partial charge on any atom is -0.485 e. The van der Waals surface area contributed by atoms with Crippen molar-refractivity contribution in [3.8, 4) is 5.75 Å². The number of hydrogen-bond acceptors (Lipinski definition) is 7. The molecule has 0 aliphatic carbocycles. The fourth-order valence-corrected chi connectivity index (χ4v) is 2.42. The second kappa shape index (κ2) is 9.20. The summed E-state index contributed by atoms with van der Waals surface area (Å²) in [5.74, 6) is 0.333. The van der Waals surface area contributed by atoms with Crippen LogP contribution in [0.4, 0.5) is 5.69 Å². The molecule has 1 amide bonds. The second-order valence-electron chi connectivity index (χ2n) is 6.09. The van der Waals surface area contributed by atoms with Crippen LogP contribution in [-0.2, 0) is 16.1 Å². The molecule has 1 heterocycles. The minimum atomic E-state index is -0.976. The number of aromatic nitrogens is 2. The fourth-order valence-electron chi connectivity index (χ4n) is 2.29. The van der Waals surface area contributed by atoms with E-state index < -0.39 is 18.0 Å². The van der Waals surface area contributed by atoms with Crippen molar-refractivity contribution in [2.75, 3.05) is 5.32 Å². The van der Waals surface area contributed by atoms with E-state index in [0.29, 0.717) is 33.7 Å². The monoisotopic (exact) mass is 415 g/mol. The predicted octanol–water partition coefficient (Wildman–Crippen LogP) is 3.79. The maximum absolute atomic E-state index is 12.3. The van der Waals surface area contributed by atoms with Gasteiger partial charge in [0.15, 0.2) is 12.7 Å². The molecule has 0 aliphatic heterocycles. The van der Waals surface area contributed by atoms with E-state index in [1.54, 1.807) is 55.5 Å². The van der Waals surface area contributed by atoms with Gasteiger partial charge < -0.3 is 19.3 Å². The number of carbonyl (C=O) groups excluding carboxylic acids is 2. The van der Waals surface area contributed by atoms with Crippen molar-refractivity contribution >= 4 is 29.2 Å². The average molecular weight is 416 g/mol. The molecular weight excluding hydrogens is 398 g/mol. The van der Waals surface area contributed by atoms with Gasteiger partial charge in [-0.05, 0) is 55.5 Å². The van der Waals surface area contributed by atoms with E-state index in [1.165, 1.54) is 6.92 Å². The van der Waals surface area contributed by atoms with Gasteiger partial charge >= 0.3 is 5.97 Å². The van der Waals surface area contributed by atoms with E-state index in [1.807, 2.05) is 0 Å². The molecule has 0 saturated heterocycles. The van der Waals surface area contributed by atoms with Crippen LogP contribution in [0.5, 0.6) is 5.75 Å². The zero-order valence-electron chi connectivity index (χ0n) is 15.7. The Balaban J connectivity index is 1.51. The van der Waals surface area contributed by atoms with Gasteiger partial charge in [-0.15, -0.1) is 0 Å². The SMILES string of the molecule is Cc1nc(COc2ccc(C(=O)OC(C)C(=O)Nc3ccc(Cl)cc3)cc2)no1. The normalized spacial score (nSPS) is 11.6. The Bertz CT molecular complexity index is 986. The number of aryl methyl sites for hydroxylation is 1. The Hall–Kier alpha value is -3.39. The summed E-state index contributed by atoms with van der Waals surface area (Å²) in [6, 6.07) is 12.9. The van der Waals surface area contributed by atoms with Crippen LogP contribution in [-0.4, -0.2) is 28.1 Å². The van der Waals surface area contributed by atoms with Gasteiger partial charge in [-0.1, -0.05) is 16.8 Å². The number of nitrogens with one attached hydrogen (secondary N) is 1. The van der Waals surface area contributed by atoms with E-state index in [2.05, 4.69) is 15.5 Å². The van der Waals surface area contributed by atoms with Crippen LogP contribution in [0.15, 0.2) is 53.1 Å². The number of ether oxygens (including phenoxy) is 2. The van der Waals surface area contributed by atoms with Gasteiger partial charge in [0, 0.05) is 17.6 Å². The van der Waals surface area contributed by atoms with Crippen LogP contribution < -0.4 is 10.1 Å². The molecule has 3 aromatic rings. The lowest BCUT2D eigenvalue weighted by molar-refractivity contribution is -0.123. The number of amides is 1. The van der Waals surface area contributed by atoms with E-state index in [9.17, 15) is 9.59 Å². The molecule has 0 saturated carbocycles. The largest absolute Gasteiger partial charge is 0.485 e. The first-order chi connectivity index (χ1) is 13.9. The summed E-state index contributed by atoms with van der Waals surface area (Å²) in [5.41, 5.74) is 0.847. The third-order valence-electron chi connectivity index (χ3n) is 3.79. The van der Waals surface area contributed by atoms with Crippen LogP contribution in [0.25, 0.3) is 0 Å². The molecule has 1 atom stereocenters. The van der Waals surface area contributed by atoms with Crippen LogP contribution in [0.2, 0.25) is 5.02 Å². The number of anilines is 1. The lowest BCUT2D eigenvalue weighted by Crippen LogP contribution is -2.29. The number of benzene rings is 2. The van der Waals surface area contributed by atoms with Crippen molar-refractivity contribution in [3.63, 3.8) is 0 Å². The number of rotatable bonds is 7. The van der Waals surface area contributed by atoms with Crippen molar-refractivity contribution in [3.05, 3.63) is 70.8 Å². The third-order valence-corrected chi connectivity index (χ3v) is 4.04. The molecule has 9 heteroatoms. The molecule has 1 aromatic heterocycles. The van der Waals surface area contributed by atoms with E-state index in [0.717, 1.165) is 0 Å². The van der Waals surface area contributed by atoms with Crippen molar-refractivity contribution < 1.29 is 23.6 Å². The Morgan fingerprint density at radius 2 is 1.83 bits per heavy atom. The topological polar surface area (TPSA) is 104 Å². The van der Waals surface area contributed by atoms with Gasteiger partial charge in [-0.25, -0.2) is 4.79 Å². The Morgan fingerprint density at radius 1 is 1.14 bits per heavy atom. The van der Waals surface area contributed by atoms with E-state index >= 15 is 0 Å². The summed E-state index contributed by atoms with van der Waals surface area (Å²) in [7, 11) is 0. The molecule has 1 N–H and O–H groups in total. The minimum absolute atomic E-state index is 0.142.